The number of rotatable bonds is 4. The average Bonchev–Trinajstić information content (AvgIpc) is 2.82. The zero-order valence-corrected chi connectivity index (χ0v) is 11.4. The van der Waals surface area contributed by atoms with Crippen molar-refractivity contribution in [3.8, 4) is 11.8 Å². The lowest BCUT2D eigenvalue weighted by Gasteiger charge is -2.02. The molecule has 19 heavy (non-hydrogen) atoms. The van der Waals surface area contributed by atoms with E-state index in [4.69, 9.17) is 37.1 Å². The van der Waals surface area contributed by atoms with Gasteiger partial charge >= 0.3 is 12.0 Å². The minimum atomic E-state index is -0.580. The highest BCUT2D eigenvalue weighted by molar-refractivity contribution is 6.35. The van der Waals surface area contributed by atoms with Crippen LogP contribution in [0.2, 0.25) is 10.0 Å². The number of hydrogen-bond acceptors (Lipinski definition) is 5. The van der Waals surface area contributed by atoms with Gasteiger partial charge in [0, 0.05) is 5.02 Å². The second-order valence-electron chi connectivity index (χ2n) is 3.40. The number of benzene rings is 1. The van der Waals surface area contributed by atoms with Gasteiger partial charge in [0.25, 0.3) is 0 Å². The molecule has 0 saturated carbocycles. The van der Waals surface area contributed by atoms with Crippen LogP contribution >= 0.6 is 23.2 Å². The van der Waals surface area contributed by atoms with Gasteiger partial charge in [-0.2, -0.15) is 4.98 Å². The lowest BCUT2D eigenvalue weighted by molar-refractivity contribution is 0.0519. The molecule has 0 radical (unpaired) electrons. The highest BCUT2D eigenvalue weighted by atomic mass is 35.5. The maximum atomic E-state index is 11.4. The normalized spacial score (nSPS) is 10.3. The van der Waals surface area contributed by atoms with Gasteiger partial charge in [0.15, 0.2) is 11.4 Å². The molecule has 0 atom stereocenters. The predicted molar refractivity (Wildman–Crippen MR) is 69.0 cm³/mol. The lowest BCUT2D eigenvalue weighted by atomic mass is 10.3. The van der Waals surface area contributed by atoms with Crippen LogP contribution in [-0.4, -0.2) is 17.6 Å². The van der Waals surface area contributed by atoms with Crippen molar-refractivity contribution in [2.24, 2.45) is 0 Å². The summed E-state index contributed by atoms with van der Waals surface area (Å²) in [4.78, 5) is 15.2. The summed E-state index contributed by atoms with van der Waals surface area (Å²) in [6.45, 7) is 1.95. The van der Waals surface area contributed by atoms with Crippen molar-refractivity contribution >= 4 is 29.2 Å². The van der Waals surface area contributed by atoms with E-state index < -0.39 is 5.97 Å². The first-order chi connectivity index (χ1) is 9.10. The molecule has 5 nitrogen and oxygen atoms in total. The van der Waals surface area contributed by atoms with Crippen LogP contribution in [0.15, 0.2) is 28.9 Å². The SMILES string of the molecule is CCOC(=O)c1coc(Oc2ccc(Cl)cc2Cl)n1. The van der Waals surface area contributed by atoms with Crippen molar-refractivity contribution in [1.82, 2.24) is 4.98 Å². The zero-order chi connectivity index (χ0) is 13.8. The Morgan fingerprint density at radius 1 is 1.42 bits per heavy atom. The number of aromatic nitrogens is 1. The van der Waals surface area contributed by atoms with Crippen LogP contribution in [0.25, 0.3) is 0 Å². The van der Waals surface area contributed by atoms with E-state index in [1.54, 1.807) is 19.1 Å². The lowest BCUT2D eigenvalue weighted by Crippen LogP contribution is -2.04. The minimum Gasteiger partial charge on any atom is -0.461 e. The molecule has 2 aromatic rings. The first-order valence-electron chi connectivity index (χ1n) is 5.35. The fourth-order valence-corrected chi connectivity index (χ4v) is 1.70. The van der Waals surface area contributed by atoms with E-state index in [0.29, 0.717) is 15.8 Å². The zero-order valence-electron chi connectivity index (χ0n) is 9.85. The summed E-state index contributed by atoms with van der Waals surface area (Å²) in [5.41, 5.74) is 0.0296. The van der Waals surface area contributed by atoms with E-state index in [-0.39, 0.29) is 18.4 Å². The maximum Gasteiger partial charge on any atom is 0.399 e. The summed E-state index contributed by atoms with van der Waals surface area (Å²) < 4.78 is 15.1. The van der Waals surface area contributed by atoms with Crippen LogP contribution in [-0.2, 0) is 4.74 Å². The Morgan fingerprint density at radius 2 is 2.21 bits per heavy atom. The Hall–Kier alpha value is -1.72. The monoisotopic (exact) mass is 301 g/mol. The molecule has 0 aliphatic heterocycles. The second kappa shape index (κ2) is 5.95. The molecule has 0 amide bonds. The molecule has 0 aliphatic rings. The van der Waals surface area contributed by atoms with Gasteiger partial charge in [-0.05, 0) is 25.1 Å². The molecule has 1 aromatic heterocycles. The third kappa shape index (κ3) is 3.39. The molecule has 100 valence electrons. The number of nitrogens with zero attached hydrogens (tertiary/aromatic N) is 1. The predicted octanol–water partition coefficient (Wildman–Crippen LogP) is 3.95. The molecule has 0 saturated heterocycles. The van der Waals surface area contributed by atoms with Crippen molar-refractivity contribution in [2.75, 3.05) is 6.61 Å². The summed E-state index contributed by atoms with van der Waals surface area (Å²) in [7, 11) is 0. The fourth-order valence-electron chi connectivity index (χ4n) is 1.25. The number of hydrogen-bond donors (Lipinski definition) is 0. The quantitative estimate of drug-likeness (QED) is 0.800. The Bertz CT molecular complexity index is 597. The highest BCUT2D eigenvalue weighted by Crippen LogP contribution is 2.31. The number of carbonyl (C=O) groups excluding carboxylic acids is 1. The summed E-state index contributed by atoms with van der Waals surface area (Å²) >= 11 is 11.7. The first kappa shape index (κ1) is 13.7. The first-order valence-corrected chi connectivity index (χ1v) is 6.11. The third-order valence-electron chi connectivity index (χ3n) is 2.06. The van der Waals surface area contributed by atoms with E-state index in [0.717, 1.165) is 6.26 Å². The summed E-state index contributed by atoms with van der Waals surface area (Å²) in [6.07, 6.45) is 1.05. The second-order valence-corrected chi connectivity index (χ2v) is 4.24. The van der Waals surface area contributed by atoms with E-state index in [1.807, 2.05) is 0 Å². The average molecular weight is 302 g/mol. The van der Waals surface area contributed by atoms with Gasteiger partial charge in [0.2, 0.25) is 0 Å². The van der Waals surface area contributed by atoms with Crippen LogP contribution in [0, 0.1) is 0 Å². The van der Waals surface area contributed by atoms with E-state index in [1.165, 1.54) is 6.07 Å². The molecule has 1 aromatic carbocycles. The molecule has 7 heteroatoms. The Balaban J connectivity index is 2.13. The minimum absolute atomic E-state index is 0.0296. The highest BCUT2D eigenvalue weighted by Gasteiger charge is 2.15. The Morgan fingerprint density at radius 3 is 2.89 bits per heavy atom. The van der Waals surface area contributed by atoms with Crippen LogP contribution in [0.4, 0.5) is 0 Å². The molecule has 1 heterocycles. The summed E-state index contributed by atoms with van der Waals surface area (Å²) in [5.74, 6) is -0.258. The molecule has 0 aliphatic carbocycles. The summed E-state index contributed by atoms with van der Waals surface area (Å²) in [6, 6.07) is 4.70. The molecular weight excluding hydrogens is 293 g/mol. The van der Waals surface area contributed by atoms with Gasteiger partial charge in [-0.15, -0.1) is 0 Å². The van der Waals surface area contributed by atoms with Gasteiger partial charge in [-0.25, -0.2) is 4.79 Å². The standard InChI is InChI=1S/C12H9Cl2NO4/c1-2-17-11(16)9-6-18-12(15-9)19-10-4-3-7(13)5-8(10)14/h3-6H,2H2,1H3. The van der Waals surface area contributed by atoms with Crippen molar-refractivity contribution < 1.29 is 18.7 Å². The maximum absolute atomic E-state index is 11.4. The largest absolute Gasteiger partial charge is 0.461 e. The Kier molecular flexibility index (Phi) is 4.29. The third-order valence-corrected chi connectivity index (χ3v) is 2.59. The smallest absolute Gasteiger partial charge is 0.399 e. The molecule has 0 bridgehead atoms. The van der Waals surface area contributed by atoms with E-state index >= 15 is 0 Å². The van der Waals surface area contributed by atoms with Gasteiger partial charge in [-0.1, -0.05) is 23.2 Å². The summed E-state index contributed by atoms with van der Waals surface area (Å²) in [5, 5.41) is 0.792. The fraction of sp³-hybridized carbons (Fsp3) is 0.167. The molecule has 0 N–H and O–H groups in total. The van der Waals surface area contributed by atoms with Crippen molar-refractivity contribution in [3.63, 3.8) is 0 Å². The number of ether oxygens (including phenoxy) is 2. The molecule has 0 unspecified atom stereocenters. The van der Waals surface area contributed by atoms with Gasteiger partial charge < -0.3 is 13.9 Å². The van der Waals surface area contributed by atoms with Crippen LogP contribution in [0.3, 0.4) is 0 Å². The van der Waals surface area contributed by atoms with E-state index in [2.05, 4.69) is 4.98 Å². The van der Waals surface area contributed by atoms with E-state index in [9.17, 15) is 4.79 Å². The van der Waals surface area contributed by atoms with Crippen molar-refractivity contribution in [1.29, 1.82) is 0 Å². The molecule has 0 spiro atoms. The van der Waals surface area contributed by atoms with Gasteiger partial charge in [-0.3, -0.25) is 0 Å². The van der Waals surface area contributed by atoms with Crippen molar-refractivity contribution in [2.45, 2.75) is 6.92 Å². The molecule has 0 fully saturated rings. The van der Waals surface area contributed by atoms with Gasteiger partial charge in [0.05, 0.1) is 11.6 Å². The number of halogens is 2. The topological polar surface area (TPSA) is 61.6 Å². The number of esters is 1. The number of carbonyl (C=O) groups is 1. The van der Waals surface area contributed by atoms with Crippen LogP contribution in [0.1, 0.15) is 17.4 Å². The Labute approximate surface area is 119 Å². The van der Waals surface area contributed by atoms with Crippen molar-refractivity contribution in [3.05, 3.63) is 40.2 Å². The van der Waals surface area contributed by atoms with Crippen LogP contribution in [0.5, 0.6) is 11.8 Å². The number of oxazole rings is 1. The van der Waals surface area contributed by atoms with Crippen LogP contribution < -0.4 is 4.74 Å². The molecular formula is C12H9Cl2NO4. The van der Waals surface area contributed by atoms with Gasteiger partial charge in [0.1, 0.15) is 6.26 Å². The molecule has 2 rings (SSSR count).